The van der Waals surface area contributed by atoms with Gasteiger partial charge in [0.1, 0.15) is 58.6 Å². The molecule has 6 aliphatic rings. The van der Waals surface area contributed by atoms with Crippen LogP contribution in [0.3, 0.4) is 0 Å². The van der Waals surface area contributed by atoms with E-state index in [2.05, 4.69) is 32.7 Å². The number of fused-ring (bicyclic) bond motifs is 2. The summed E-state index contributed by atoms with van der Waals surface area (Å²) in [6, 6.07) is 11.9. The predicted molar refractivity (Wildman–Crippen MR) is 293 cm³/mol. The standard InChI is InChI=1S/2C28H33ClN4O4.CH3FS/c2*1-37-24-9-8-20(29)25-19(24)13-21(32-25)27(36)33-16-28(10-3-2-4-11-28)14-22(33)26(35)31-18(15-30)12-17-6-5-7-23(17)34;1-3-2/h2*8-9,13,17-18,22,32H,2-7,10-12,14,16H2,1H3,(H,31,35);1H3/t2*17-,18-,22?;/m00./s1. The lowest BCUT2D eigenvalue weighted by atomic mass is 9.72. The lowest BCUT2D eigenvalue weighted by molar-refractivity contribution is -0.126. The molecule has 2 spiro atoms. The largest absolute Gasteiger partial charge is 0.496 e. The third-order valence-corrected chi connectivity index (χ3v) is 17.8. The maximum absolute atomic E-state index is 13.9. The first-order valence-corrected chi connectivity index (χ1v) is 28.9. The first kappa shape index (κ1) is 57.4. The second-order valence-corrected chi connectivity index (χ2v) is 23.1. The summed E-state index contributed by atoms with van der Waals surface area (Å²) < 4.78 is 21.1. The van der Waals surface area contributed by atoms with Crippen LogP contribution in [0.2, 0.25) is 10.0 Å². The Morgan fingerprint density at radius 2 is 1.06 bits per heavy atom. The second-order valence-electron chi connectivity index (χ2n) is 22.0. The third kappa shape index (κ3) is 12.7. The van der Waals surface area contributed by atoms with E-state index in [0.29, 0.717) is 106 Å². The molecule has 77 heavy (non-hydrogen) atoms. The number of hydrogen-bond donors (Lipinski definition) is 4. The highest BCUT2D eigenvalue weighted by Crippen LogP contribution is 2.49. The van der Waals surface area contributed by atoms with Gasteiger partial charge in [0.05, 0.1) is 47.4 Å². The smallest absolute Gasteiger partial charge is 0.271 e. The Bertz CT molecular complexity index is 2750. The Morgan fingerprint density at radius 3 is 1.39 bits per heavy atom. The number of Topliss-reactive ketones (excluding diaryl/α,β-unsaturated/α-hetero) is 2. The topological polar surface area (TPSA) is 231 Å². The number of nitrogens with zero attached hydrogens (tertiary/aromatic N) is 4. The summed E-state index contributed by atoms with van der Waals surface area (Å²) in [4.78, 5) is 88.7. The number of H-pyrrole nitrogens is 2. The van der Waals surface area contributed by atoms with E-state index < -0.39 is 24.2 Å². The van der Waals surface area contributed by atoms with Crippen LogP contribution in [0.25, 0.3) is 21.8 Å². The predicted octanol–water partition coefficient (Wildman–Crippen LogP) is 10.8. The number of nitrogens with one attached hydrogen (secondary N) is 4. The van der Waals surface area contributed by atoms with Crippen LogP contribution in [0.1, 0.15) is 149 Å². The van der Waals surface area contributed by atoms with Gasteiger partial charge in [-0.25, -0.2) is 0 Å². The molecule has 4 N–H and O–H groups in total. The van der Waals surface area contributed by atoms with Gasteiger partial charge >= 0.3 is 0 Å². The Labute approximate surface area is 463 Å². The molecule has 6 atom stereocenters. The van der Waals surface area contributed by atoms with E-state index in [9.17, 15) is 43.2 Å². The number of benzene rings is 2. The van der Waals surface area contributed by atoms with E-state index in [-0.39, 0.29) is 70.0 Å². The first-order valence-electron chi connectivity index (χ1n) is 27.0. The molecule has 0 radical (unpaired) electrons. The number of rotatable bonds is 12. The Kier molecular flexibility index (Phi) is 18.9. The molecule has 16 nitrogen and oxygen atoms in total. The van der Waals surface area contributed by atoms with Crippen LogP contribution >= 0.6 is 35.3 Å². The van der Waals surface area contributed by atoms with Gasteiger partial charge in [0.15, 0.2) is 0 Å². The van der Waals surface area contributed by atoms with Crippen LogP contribution in [-0.2, 0) is 19.2 Å². The van der Waals surface area contributed by atoms with Crippen molar-refractivity contribution in [1.82, 2.24) is 30.4 Å². The second kappa shape index (κ2) is 25.3. The van der Waals surface area contributed by atoms with Gasteiger partial charge in [0, 0.05) is 66.9 Å². The van der Waals surface area contributed by atoms with Gasteiger partial charge in [-0.1, -0.05) is 61.7 Å². The summed E-state index contributed by atoms with van der Waals surface area (Å²) in [5.41, 5.74) is 1.73. The number of ketones is 2. The number of nitriles is 2. The summed E-state index contributed by atoms with van der Waals surface area (Å²) in [5.74, 6) is 0.0123. The van der Waals surface area contributed by atoms with Gasteiger partial charge in [-0.2, -0.15) is 14.4 Å². The summed E-state index contributed by atoms with van der Waals surface area (Å²) >= 11 is 13.0. The van der Waals surface area contributed by atoms with Crippen LogP contribution in [0.5, 0.6) is 11.5 Å². The highest BCUT2D eigenvalue weighted by molar-refractivity contribution is 7.93. The molecule has 2 aliphatic heterocycles. The number of carbonyl (C=O) groups excluding carboxylic acids is 6. The zero-order valence-corrected chi connectivity index (χ0v) is 46.4. The van der Waals surface area contributed by atoms with Gasteiger partial charge < -0.3 is 39.9 Å². The van der Waals surface area contributed by atoms with Gasteiger partial charge in [-0.05, 0) is 124 Å². The van der Waals surface area contributed by atoms with E-state index in [0.717, 1.165) is 77.0 Å². The van der Waals surface area contributed by atoms with Gasteiger partial charge in [0.2, 0.25) is 11.8 Å². The van der Waals surface area contributed by atoms with Crippen LogP contribution in [0.4, 0.5) is 3.89 Å². The third-order valence-electron chi connectivity index (χ3n) is 17.1. The average Bonchev–Trinajstić information content (AvgIpc) is 4.33. The van der Waals surface area contributed by atoms with Crippen molar-refractivity contribution in [2.24, 2.45) is 22.7 Å². The number of carbonyl (C=O) groups is 6. The summed E-state index contributed by atoms with van der Waals surface area (Å²) in [5, 5.41) is 27.6. The summed E-state index contributed by atoms with van der Waals surface area (Å²) in [6.45, 7) is 1.00. The van der Waals surface area contributed by atoms with E-state index >= 15 is 0 Å². The number of hydrogen-bond acceptors (Lipinski definition) is 11. The molecule has 2 unspecified atom stereocenters. The van der Waals surface area contributed by atoms with E-state index in [1.54, 1.807) is 60.4 Å². The van der Waals surface area contributed by atoms with Crippen LogP contribution in [-0.4, -0.2) is 113 Å². The average molecular weight is 1120 g/mol. The first-order chi connectivity index (χ1) is 37.1. The minimum absolute atomic E-state index is 0.0964. The highest BCUT2D eigenvalue weighted by atomic mass is 35.5. The Hall–Kier alpha value is -5.82. The fourth-order valence-electron chi connectivity index (χ4n) is 13.2. The fourth-order valence-corrected chi connectivity index (χ4v) is 13.6. The Morgan fingerprint density at radius 1 is 0.688 bits per heavy atom. The van der Waals surface area contributed by atoms with Crippen molar-refractivity contribution in [3.8, 4) is 23.6 Å². The molecule has 4 heterocycles. The summed E-state index contributed by atoms with van der Waals surface area (Å²) in [6.07, 6.45) is 18.0. The van der Waals surface area contributed by atoms with Gasteiger partial charge in [-0.3, -0.25) is 28.8 Å². The van der Waals surface area contributed by atoms with Crippen molar-refractivity contribution >= 4 is 92.4 Å². The monoisotopic (exact) mass is 1110 g/mol. The van der Waals surface area contributed by atoms with E-state index in [1.165, 1.54) is 19.1 Å². The maximum Gasteiger partial charge on any atom is 0.271 e. The number of halogens is 3. The molecule has 2 saturated heterocycles. The minimum atomic E-state index is -0.754. The zero-order valence-electron chi connectivity index (χ0n) is 44.1. The normalized spacial score (nSPS) is 23.1. The lowest BCUT2D eigenvalue weighted by Gasteiger charge is -2.32. The molecule has 412 valence electrons. The van der Waals surface area contributed by atoms with Crippen LogP contribution in [0.15, 0.2) is 36.4 Å². The molecular weight excluding hydrogens is 1050 g/mol. The van der Waals surface area contributed by atoms with Gasteiger partial charge in [-0.15, -0.1) is 0 Å². The van der Waals surface area contributed by atoms with E-state index in [1.807, 2.05) is 0 Å². The van der Waals surface area contributed by atoms with Crippen molar-refractivity contribution in [3.05, 3.63) is 57.8 Å². The SMILES string of the molecule is COc1ccc(Cl)c2[nH]c(C(=O)N3CC4(CCCCC4)CC3C(=O)N[C@H](C#N)C[C@@H]3CCCC3=O)cc12.COc1ccc(Cl)c2[nH]c(C(=O)N3CC4(CCCCC4)CC3C(=O)N[C@H](C#N)C[C@@H]3CCCC3=O)cc12.CSF. The van der Waals surface area contributed by atoms with Crippen molar-refractivity contribution in [2.45, 2.75) is 153 Å². The quantitative estimate of drug-likeness (QED) is 0.104. The van der Waals surface area contributed by atoms with Crippen LogP contribution in [0, 0.1) is 45.3 Å². The Balaban J connectivity index is 0.000000194. The number of likely N-dealkylation sites (tertiary alicyclic amines) is 2. The highest BCUT2D eigenvalue weighted by Gasteiger charge is 2.51. The van der Waals surface area contributed by atoms with Crippen molar-refractivity contribution in [2.75, 3.05) is 33.6 Å². The number of aromatic nitrogens is 2. The number of ether oxygens (including phenoxy) is 2. The van der Waals surface area contributed by atoms with E-state index in [4.69, 9.17) is 32.7 Å². The summed E-state index contributed by atoms with van der Waals surface area (Å²) in [7, 11) is 3.13. The molecule has 6 fully saturated rings. The molecular formula is C57H69Cl2FN8O8S. The number of methoxy groups -OCH3 is 2. The van der Waals surface area contributed by atoms with Crippen molar-refractivity contribution in [3.63, 3.8) is 0 Å². The fraction of sp³-hybridized carbons (Fsp3) is 0.579. The molecule has 10 rings (SSSR count). The molecule has 20 heteroatoms. The van der Waals surface area contributed by atoms with Crippen molar-refractivity contribution < 1.29 is 42.1 Å². The number of aromatic amines is 2. The molecule has 4 aromatic rings. The molecule has 4 amide bonds. The van der Waals surface area contributed by atoms with Crippen molar-refractivity contribution in [1.29, 1.82) is 10.5 Å². The molecule has 4 saturated carbocycles. The molecule has 2 aromatic carbocycles. The van der Waals surface area contributed by atoms with Gasteiger partial charge in [0.25, 0.3) is 11.8 Å². The maximum atomic E-state index is 13.9. The lowest BCUT2D eigenvalue weighted by Crippen LogP contribution is -2.49. The number of amides is 4. The molecule has 2 aromatic heterocycles. The minimum Gasteiger partial charge on any atom is -0.496 e. The zero-order chi connectivity index (χ0) is 55.0. The molecule has 4 aliphatic carbocycles. The molecule has 0 bridgehead atoms. The van der Waals surface area contributed by atoms with Crippen LogP contribution < -0.4 is 20.1 Å².